The van der Waals surface area contributed by atoms with E-state index in [1.165, 1.54) is 55.6 Å². The summed E-state index contributed by atoms with van der Waals surface area (Å²) in [6.07, 6.45) is 5.23. The van der Waals surface area contributed by atoms with E-state index in [9.17, 15) is 0 Å². The molecule has 2 heteroatoms. The van der Waals surface area contributed by atoms with Crippen molar-refractivity contribution in [2.45, 2.75) is 46.1 Å². The van der Waals surface area contributed by atoms with Gasteiger partial charge in [0.1, 0.15) is 0 Å². The number of hydrogen-bond donors (Lipinski definition) is 1. The zero-order valence-electron chi connectivity index (χ0n) is 12.3. The Morgan fingerprint density at radius 2 is 2.11 bits per heavy atom. The van der Waals surface area contributed by atoms with E-state index in [0.29, 0.717) is 5.41 Å². The quantitative estimate of drug-likeness (QED) is 0.886. The van der Waals surface area contributed by atoms with Crippen LogP contribution in [0.25, 0.3) is 0 Å². The molecular weight excluding hydrogens is 232 g/mol. The molecule has 0 saturated carbocycles. The van der Waals surface area contributed by atoms with Crippen LogP contribution in [0.5, 0.6) is 0 Å². The van der Waals surface area contributed by atoms with Gasteiger partial charge in [0.2, 0.25) is 0 Å². The first-order chi connectivity index (χ1) is 9.24. The molecule has 2 heterocycles. The number of fused-ring (bicyclic) bond motifs is 1. The maximum Gasteiger partial charge on any atom is 0.0373 e. The monoisotopic (exact) mass is 258 g/mol. The highest BCUT2D eigenvalue weighted by atomic mass is 15.2. The molecule has 104 valence electrons. The highest BCUT2D eigenvalue weighted by Crippen LogP contribution is 2.37. The second-order valence-corrected chi connectivity index (χ2v) is 6.34. The van der Waals surface area contributed by atoms with E-state index in [-0.39, 0.29) is 0 Å². The first-order valence-corrected chi connectivity index (χ1v) is 7.83. The lowest BCUT2D eigenvalue weighted by atomic mass is 9.82. The third-order valence-corrected chi connectivity index (χ3v) is 5.30. The summed E-state index contributed by atoms with van der Waals surface area (Å²) in [6, 6.07) is 6.98. The zero-order valence-corrected chi connectivity index (χ0v) is 12.3. The normalized spacial score (nSPS) is 21.4. The molecule has 2 aliphatic heterocycles. The summed E-state index contributed by atoms with van der Waals surface area (Å²) >= 11 is 0. The highest BCUT2D eigenvalue weighted by Gasteiger charge is 2.34. The Bertz CT molecular complexity index is 449. The maximum atomic E-state index is 3.44. The van der Waals surface area contributed by atoms with Crippen LogP contribution in [0.1, 0.15) is 44.2 Å². The Balaban J connectivity index is 1.66. The lowest BCUT2D eigenvalue weighted by molar-refractivity contribution is 0.236. The van der Waals surface area contributed by atoms with E-state index >= 15 is 0 Å². The van der Waals surface area contributed by atoms with Gasteiger partial charge in [0.25, 0.3) is 0 Å². The molecular formula is C17H26N2. The van der Waals surface area contributed by atoms with E-state index in [1.807, 2.05) is 0 Å². The molecule has 3 rings (SSSR count). The molecule has 2 nitrogen and oxygen atoms in total. The molecule has 0 bridgehead atoms. The van der Waals surface area contributed by atoms with Crippen LogP contribution in [-0.4, -0.2) is 24.5 Å². The molecule has 0 aliphatic carbocycles. The van der Waals surface area contributed by atoms with Crippen LogP contribution in [-0.2, 0) is 13.0 Å². The molecule has 0 amide bonds. The summed E-state index contributed by atoms with van der Waals surface area (Å²) in [6.45, 7) is 9.51. The van der Waals surface area contributed by atoms with Gasteiger partial charge in [0, 0.05) is 25.3 Å². The number of nitrogens with zero attached hydrogens (tertiary/aromatic N) is 1. The lowest BCUT2D eigenvalue weighted by Gasteiger charge is -2.26. The van der Waals surface area contributed by atoms with Crippen molar-refractivity contribution in [3.63, 3.8) is 0 Å². The average Bonchev–Trinajstić information content (AvgIpc) is 3.05. The Kier molecular flexibility index (Phi) is 3.53. The smallest absolute Gasteiger partial charge is 0.0373 e. The Morgan fingerprint density at radius 3 is 2.84 bits per heavy atom. The summed E-state index contributed by atoms with van der Waals surface area (Å²) in [7, 11) is 0. The zero-order chi connectivity index (χ0) is 13.3. The number of likely N-dealkylation sites (tertiary alicyclic amines) is 1. The van der Waals surface area contributed by atoms with Crippen LogP contribution in [0.4, 0.5) is 5.69 Å². The molecule has 0 unspecified atom stereocenters. The summed E-state index contributed by atoms with van der Waals surface area (Å²) in [5.74, 6) is 0. The summed E-state index contributed by atoms with van der Waals surface area (Å²) < 4.78 is 0. The van der Waals surface area contributed by atoms with E-state index in [1.54, 1.807) is 0 Å². The number of hydrogen-bond acceptors (Lipinski definition) is 2. The minimum Gasteiger partial charge on any atom is -0.384 e. The van der Waals surface area contributed by atoms with Crippen LogP contribution < -0.4 is 5.32 Å². The standard InChI is InChI=1S/C17H26N2/c1-3-17(4-2)8-10-19(13-17)12-14-5-6-16-15(11-14)7-9-18-16/h5-6,11,18H,3-4,7-10,12-13H2,1-2H3. The van der Waals surface area contributed by atoms with Crippen molar-refractivity contribution in [1.82, 2.24) is 4.90 Å². The second-order valence-electron chi connectivity index (χ2n) is 6.34. The van der Waals surface area contributed by atoms with Crippen molar-refractivity contribution in [1.29, 1.82) is 0 Å². The molecule has 1 aromatic rings. The van der Waals surface area contributed by atoms with Crippen LogP contribution in [0.15, 0.2) is 18.2 Å². The van der Waals surface area contributed by atoms with Gasteiger partial charge in [-0.25, -0.2) is 0 Å². The van der Waals surface area contributed by atoms with Gasteiger partial charge < -0.3 is 5.32 Å². The summed E-state index contributed by atoms with van der Waals surface area (Å²) in [4.78, 5) is 2.65. The first kappa shape index (κ1) is 13.0. The van der Waals surface area contributed by atoms with Crippen molar-refractivity contribution in [3.8, 4) is 0 Å². The topological polar surface area (TPSA) is 15.3 Å². The second kappa shape index (κ2) is 5.16. The summed E-state index contributed by atoms with van der Waals surface area (Å²) in [5, 5.41) is 3.44. The molecule has 1 N–H and O–H groups in total. The fourth-order valence-corrected chi connectivity index (χ4v) is 3.70. The third-order valence-electron chi connectivity index (χ3n) is 5.30. The average molecular weight is 258 g/mol. The number of rotatable bonds is 4. The molecule has 2 aliphatic rings. The number of anilines is 1. The predicted octanol–water partition coefficient (Wildman–Crippen LogP) is 3.67. The minimum absolute atomic E-state index is 0.596. The fraction of sp³-hybridized carbons (Fsp3) is 0.647. The molecule has 0 aromatic heterocycles. The van der Waals surface area contributed by atoms with Crippen molar-refractivity contribution in [2.75, 3.05) is 25.0 Å². The van der Waals surface area contributed by atoms with Crippen molar-refractivity contribution >= 4 is 5.69 Å². The Hall–Kier alpha value is -1.02. The van der Waals surface area contributed by atoms with Crippen LogP contribution >= 0.6 is 0 Å². The van der Waals surface area contributed by atoms with Crippen molar-refractivity contribution in [3.05, 3.63) is 29.3 Å². The Morgan fingerprint density at radius 1 is 1.26 bits per heavy atom. The molecule has 1 aromatic carbocycles. The molecule has 0 radical (unpaired) electrons. The van der Waals surface area contributed by atoms with E-state index in [4.69, 9.17) is 0 Å². The van der Waals surface area contributed by atoms with E-state index in [0.717, 1.165) is 13.1 Å². The van der Waals surface area contributed by atoms with Gasteiger partial charge in [0.05, 0.1) is 0 Å². The number of nitrogens with one attached hydrogen (secondary N) is 1. The van der Waals surface area contributed by atoms with E-state index < -0.39 is 0 Å². The third kappa shape index (κ3) is 2.51. The minimum atomic E-state index is 0.596. The molecule has 1 fully saturated rings. The van der Waals surface area contributed by atoms with Crippen molar-refractivity contribution in [2.24, 2.45) is 5.41 Å². The van der Waals surface area contributed by atoms with Gasteiger partial charge in [0.15, 0.2) is 0 Å². The van der Waals surface area contributed by atoms with Gasteiger partial charge in [-0.3, -0.25) is 4.90 Å². The fourth-order valence-electron chi connectivity index (χ4n) is 3.70. The number of benzene rings is 1. The SMILES string of the molecule is CCC1(CC)CCN(Cc2ccc3c(c2)CCN3)C1. The highest BCUT2D eigenvalue weighted by molar-refractivity contribution is 5.56. The van der Waals surface area contributed by atoms with Gasteiger partial charge in [-0.05, 0) is 54.8 Å². The van der Waals surface area contributed by atoms with Gasteiger partial charge >= 0.3 is 0 Å². The van der Waals surface area contributed by atoms with Gasteiger partial charge in [-0.2, -0.15) is 0 Å². The van der Waals surface area contributed by atoms with Crippen LogP contribution in [0, 0.1) is 5.41 Å². The summed E-state index contributed by atoms with van der Waals surface area (Å²) in [5.41, 5.74) is 4.94. The maximum absolute atomic E-state index is 3.44. The van der Waals surface area contributed by atoms with Crippen molar-refractivity contribution < 1.29 is 0 Å². The molecule has 19 heavy (non-hydrogen) atoms. The van der Waals surface area contributed by atoms with E-state index in [2.05, 4.69) is 42.3 Å². The molecule has 0 spiro atoms. The van der Waals surface area contributed by atoms with Gasteiger partial charge in [-0.15, -0.1) is 0 Å². The Labute approximate surface area is 117 Å². The molecule has 0 atom stereocenters. The largest absolute Gasteiger partial charge is 0.384 e. The van der Waals surface area contributed by atoms with Crippen LogP contribution in [0.3, 0.4) is 0 Å². The van der Waals surface area contributed by atoms with Crippen LogP contribution in [0.2, 0.25) is 0 Å². The predicted molar refractivity (Wildman–Crippen MR) is 81.5 cm³/mol. The first-order valence-electron chi connectivity index (χ1n) is 7.83. The molecule has 1 saturated heterocycles. The lowest BCUT2D eigenvalue weighted by Crippen LogP contribution is -2.26. The van der Waals surface area contributed by atoms with Gasteiger partial charge in [-0.1, -0.05) is 26.0 Å².